The molecule has 4 heterocycles. The van der Waals surface area contributed by atoms with Crippen LogP contribution in [0.1, 0.15) is 137 Å². The van der Waals surface area contributed by atoms with Crippen LogP contribution < -0.4 is 30.8 Å². The standard InChI is InChI=1S/C79H78B2N2/c1-3-5-7-9-11-31-53-79(54-32-12-10-8-6-4-2)75-55-63(65-45-49-71-57-77(61-33-19-13-20-34-61)80(82(71)59-65,67-37-23-15-24-38-67)68-39-25-16-26-40-68)47-51-73(75)74-52-48-64(56-76(74)79)66-46-50-72-58-78(62-35-21-14-22-36-62)81(83(72)60-66,69-41-27-17-28-42-69)70-43-29-18-30-44-70/h13-30,33-52,55-60H,3-12,31-32,53-54H2,1-2H3. The fraction of sp³-hybridized carbons (Fsp3) is 0.215. The third kappa shape index (κ3) is 9.68. The van der Waals surface area contributed by atoms with Crippen LogP contribution in [0.3, 0.4) is 0 Å². The minimum atomic E-state index is -1.60. The molecule has 2 aromatic heterocycles. The molecule has 8 aromatic carbocycles. The number of unbranched alkanes of at least 4 members (excludes halogenated alkanes) is 10. The lowest BCUT2D eigenvalue weighted by Crippen LogP contribution is -2.78. The number of hydrogen-bond acceptors (Lipinski definition) is 0. The van der Waals surface area contributed by atoms with Gasteiger partial charge in [-0.2, -0.15) is 0 Å². The minimum absolute atomic E-state index is 0.131. The molecule has 0 amide bonds. The molecule has 410 valence electrons. The Bertz CT molecular complexity index is 3590. The first kappa shape index (κ1) is 53.9. The lowest BCUT2D eigenvalue weighted by atomic mass is 9.23. The first-order valence-electron chi connectivity index (χ1n) is 31.6. The van der Waals surface area contributed by atoms with Crippen LogP contribution in [0.5, 0.6) is 0 Å². The monoisotopic (exact) mass is 1080 g/mol. The largest absolute Gasteiger partial charge is 0.408 e. The van der Waals surface area contributed by atoms with Gasteiger partial charge in [-0.25, -0.2) is 0 Å². The maximum Gasteiger partial charge on any atom is 0.361 e. The van der Waals surface area contributed by atoms with Gasteiger partial charge in [0.2, 0.25) is 0 Å². The van der Waals surface area contributed by atoms with E-state index in [-0.39, 0.29) is 5.41 Å². The van der Waals surface area contributed by atoms with E-state index in [1.807, 2.05) is 0 Å². The van der Waals surface area contributed by atoms with Crippen molar-refractivity contribution in [3.8, 4) is 33.4 Å². The molecule has 4 heteroatoms. The number of aromatic nitrogens is 2. The van der Waals surface area contributed by atoms with Gasteiger partial charge in [0.1, 0.15) is 23.8 Å². The van der Waals surface area contributed by atoms with E-state index >= 15 is 0 Å². The summed E-state index contributed by atoms with van der Waals surface area (Å²) in [5.41, 5.74) is 23.7. The van der Waals surface area contributed by atoms with Gasteiger partial charge in [-0.1, -0.05) is 308 Å². The molecule has 0 atom stereocenters. The normalized spacial score (nSPS) is 14.8. The predicted molar refractivity (Wildman–Crippen MR) is 355 cm³/mol. The third-order valence-corrected chi connectivity index (χ3v) is 19.6. The molecule has 0 N–H and O–H groups in total. The van der Waals surface area contributed by atoms with E-state index in [2.05, 4.69) is 290 Å². The van der Waals surface area contributed by atoms with Gasteiger partial charge in [0.25, 0.3) is 0 Å². The van der Waals surface area contributed by atoms with Gasteiger partial charge in [0.15, 0.2) is 0 Å². The first-order valence-corrected chi connectivity index (χ1v) is 31.6. The van der Waals surface area contributed by atoms with Crippen molar-refractivity contribution in [1.82, 2.24) is 0 Å². The van der Waals surface area contributed by atoms with Crippen molar-refractivity contribution in [3.05, 3.63) is 289 Å². The molecule has 83 heavy (non-hydrogen) atoms. The van der Waals surface area contributed by atoms with Crippen molar-refractivity contribution in [1.29, 1.82) is 0 Å². The molecule has 0 bridgehead atoms. The van der Waals surface area contributed by atoms with Crippen LogP contribution in [-0.4, -0.2) is 12.6 Å². The van der Waals surface area contributed by atoms with E-state index < -0.39 is 12.6 Å². The maximum atomic E-state index is 2.66. The molecule has 0 saturated heterocycles. The molecule has 1 aliphatic carbocycles. The highest BCUT2D eigenvalue weighted by Crippen LogP contribution is 2.56. The molecular weight excluding hydrogens is 999 g/mol. The highest BCUT2D eigenvalue weighted by Gasteiger charge is 2.51. The van der Waals surface area contributed by atoms with Gasteiger partial charge in [-0.15, -0.1) is 32.8 Å². The summed E-state index contributed by atoms with van der Waals surface area (Å²) in [6.45, 7) is 4.67. The fourth-order valence-electron chi connectivity index (χ4n) is 15.7. The van der Waals surface area contributed by atoms with Crippen molar-refractivity contribution in [3.63, 3.8) is 0 Å². The van der Waals surface area contributed by atoms with Crippen LogP contribution in [0, 0.1) is 0 Å². The summed E-state index contributed by atoms with van der Waals surface area (Å²) in [5.74, 6) is 0. The zero-order chi connectivity index (χ0) is 56.1. The van der Waals surface area contributed by atoms with Crippen molar-refractivity contribution in [2.24, 2.45) is 0 Å². The Labute approximate surface area is 494 Å². The maximum absolute atomic E-state index is 2.66. The van der Waals surface area contributed by atoms with E-state index in [0.29, 0.717) is 0 Å². The Hall–Kier alpha value is -8.33. The molecule has 0 saturated carbocycles. The van der Waals surface area contributed by atoms with Crippen molar-refractivity contribution in [2.45, 2.75) is 109 Å². The Balaban J connectivity index is 0.962. The van der Waals surface area contributed by atoms with Gasteiger partial charge in [0, 0.05) is 28.7 Å². The van der Waals surface area contributed by atoms with Crippen LogP contribution in [0.2, 0.25) is 0 Å². The summed E-state index contributed by atoms with van der Waals surface area (Å²) in [5, 5.41) is 0. The Morgan fingerprint density at radius 2 is 0.614 bits per heavy atom. The van der Waals surface area contributed by atoms with E-state index in [1.165, 1.54) is 177 Å². The number of benzene rings is 8. The summed E-state index contributed by atoms with van der Waals surface area (Å²) >= 11 is 0. The molecule has 2 nitrogen and oxygen atoms in total. The Morgan fingerprint density at radius 1 is 0.301 bits per heavy atom. The van der Waals surface area contributed by atoms with Crippen molar-refractivity contribution in [2.75, 3.05) is 0 Å². The number of hydrogen-bond donors (Lipinski definition) is 0. The molecule has 3 aliphatic rings. The van der Waals surface area contributed by atoms with Crippen LogP contribution in [0.4, 0.5) is 0 Å². The minimum Gasteiger partial charge on any atom is -0.408 e. The van der Waals surface area contributed by atoms with Crippen LogP contribution in [-0.2, 0) is 5.41 Å². The lowest BCUT2D eigenvalue weighted by Gasteiger charge is -2.36. The van der Waals surface area contributed by atoms with Crippen LogP contribution in [0.15, 0.2) is 255 Å². The molecule has 0 radical (unpaired) electrons. The highest BCUT2D eigenvalue weighted by atomic mass is 14.9. The molecule has 10 aromatic rings. The van der Waals surface area contributed by atoms with Crippen LogP contribution >= 0.6 is 0 Å². The van der Waals surface area contributed by atoms with Gasteiger partial charge in [-0.3, -0.25) is 0 Å². The smallest absolute Gasteiger partial charge is 0.361 e. The second-order valence-corrected chi connectivity index (χ2v) is 24.4. The highest BCUT2D eigenvalue weighted by molar-refractivity contribution is 7.11. The first-order chi connectivity index (χ1) is 41.1. The summed E-state index contributed by atoms with van der Waals surface area (Å²) in [4.78, 5) is 0. The molecule has 2 aliphatic heterocycles. The van der Waals surface area contributed by atoms with E-state index in [9.17, 15) is 0 Å². The summed E-state index contributed by atoms with van der Waals surface area (Å²) in [6.07, 6.45) is 24.4. The van der Waals surface area contributed by atoms with E-state index in [4.69, 9.17) is 0 Å². The Morgan fingerprint density at radius 3 is 0.964 bits per heavy atom. The molecule has 0 unspecified atom stereocenters. The predicted octanol–water partition coefficient (Wildman–Crippen LogP) is 16.8. The summed E-state index contributed by atoms with van der Waals surface area (Å²) in [6, 6.07) is 92.1. The van der Waals surface area contributed by atoms with Gasteiger partial charge >= 0.3 is 12.6 Å². The molecule has 0 spiro atoms. The third-order valence-electron chi connectivity index (χ3n) is 19.6. The second kappa shape index (κ2) is 23.9. The van der Waals surface area contributed by atoms with E-state index in [0.717, 1.165) is 12.8 Å². The van der Waals surface area contributed by atoms with Crippen LogP contribution in [0.25, 0.3) is 56.5 Å². The zero-order valence-electron chi connectivity index (χ0n) is 48.9. The topological polar surface area (TPSA) is 7.76 Å². The number of rotatable bonds is 22. The SMILES string of the molecule is CCCCCCCCC1(CCCCCCCC)c2cc(-c3ccc4[n+](c3)[B-](c3ccccc3)(c3ccccc3)C(c3ccccc3)=C4)ccc2-c2ccc(-c3ccc4[n+](c3)[B-](c3ccccc3)(c3ccccc3)C(c3ccccc3)=C4)cc21. The van der Waals surface area contributed by atoms with Gasteiger partial charge in [-0.05, 0) is 82.6 Å². The van der Waals surface area contributed by atoms with E-state index in [1.54, 1.807) is 0 Å². The van der Waals surface area contributed by atoms with Crippen molar-refractivity contribution >= 4 is 57.5 Å². The zero-order valence-corrected chi connectivity index (χ0v) is 48.9. The number of pyridine rings is 2. The molecule has 0 fully saturated rings. The Kier molecular flexibility index (Phi) is 15.5. The number of nitrogens with zero attached hydrogens (tertiary/aromatic N) is 2. The molecule has 13 rings (SSSR count). The van der Waals surface area contributed by atoms with Gasteiger partial charge in [0.05, 0.1) is 0 Å². The summed E-state index contributed by atoms with van der Waals surface area (Å²) in [7, 11) is 0. The average molecular weight is 1080 g/mol. The number of fused-ring (bicyclic) bond motifs is 5. The summed E-state index contributed by atoms with van der Waals surface area (Å²) < 4.78 is 5.30. The lowest BCUT2D eigenvalue weighted by molar-refractivity contribution is -0.538. The van der Waals surface area contributed by atoms with Crippen molar-refractivity contribution < 1.29 is 8.96 Å². The van der Waals surface area contributed by atoms with Gasteiger partial charge < -0.3 is 8.96 Å². The fourth-order valence-corrected chi connectivity index (χ4v) is 15.7. The molecular formula is C79H78B2N2. The average Bonchev–Trinajstić information content (AvgIpc) is 3.70. The quantitative estimate of drug-likeness (QED) is 0.0472. The second-order valence-electron chi connectivity index (χ2n) is 24.4.